The molecule has 1 aromatic rings. The van der Waals surface area contributed by atoms with Crippen LogP contribution in [-0.4, -0.2) is 65.4 Å². The van der Waals surface area contributed by atoms with Gasteiger partial charge in [-0.3, -0.25) is 14.5 Å². The molecule has 0 saturated carbocycles. The van der Waals surface area contributed by atoms with Crippen LogP contribution in [0.3, 0.4) is 0 Å². The highest BCUT2D eigenvalue weighted by atomic mass is 16.2. The number of fused-ring (bicyclic) bond motifs is 4. The Morgan fingerprint density at radius 2 is 2.14 bits per heavy atom. The first-order chi connectivity index (χ1) is 13.6. The smallest absolute Gasteiger partial charge is 0.223 e. The van der Waals surface area contributed by atoms with Crippen molar-refractivity contribution in [3.63, 3.8) is 0 Å². The Morgan fingerprint density at radius 1 is 1.32 bits per heavy atom. The average molecular weight is 386 g/mol. The number of amides is 2. The van der Waals surface area contributed by atoms with Crippen LogP contribution < -0.4 is 10.6 Å². The van der Waals surface area contributed by atoms with Gasteiger partial charge in [0.2, 0.25) is 11.8 Å². The zero-order chi connectivity index (χ0) is 19.7. The van der Waals surface area contributed by atoms with Crippen molar-refractivity contribution < 1.29 is 9.59 Å². The van der Waals surface area contributed by atoms with Gasteiger partial charge in [-0.1, -0.05) is 6.07 Å². The number of pyridine rings is 1. The molecule has 4 rings (SSSR count). The highest BCUT2D eigenvalue weighted by Gasteiger charge is 2.49. The van der Waals surface area contributed by atoms with Crippen LogP contribution in [0.2, 0.25) is 0 Å². The van der Waals surface area contributed by atoms with Crippen molar-refractivity contribution >= 4 is 17.6 Å². The molecule has 3 fully saturated rings. The quantitative estimate of drug-likeness (QED) is 0.802. The molecule has 28 heavy (non-hydrogen) atoms. The molecule has 3 aliphatic rings. The lowest BCUT2D eigenvalue weighted by atomic mass is 9.72. The molecular weight excluding hydrogens is 354 g/mol. The second kappa shape index (κ2) is 8.07. The number of anilines is 1. The SMILES string of the molecule is CNc1ncccc1CN1C[C@H]2C[C@@H](C1)[C@H](CNC(C)=O)N1C(=O)CCC[C@@H]21. The molecule has 0 unspecified atom stereocenters. The minimum absolute atomic E-state index is 0.0233. The monoisotopic (exact) mass is 385 g/mol. The van der Waals surface area contributed by atoms with Gasteiger partial charge in [-0.15, -0.1) is 0 Å². The Labute approximate surface area is 166 Å². The Kier molecular flexibility index (Phi) is 5.53. The Balaban J connectivity index is 1.55. The number of nitrogens with zero attached hydrogens (tertiary/aromatic N) is 3. The molecular formula is C21H31N5O2. The second-order valence-corrected chi connectivity index (χ2v) is 8.48. The normalized spacial score (nSPS) is 29.9. The van der Waals surface area contributed by atoms with Crippen molar-refractivity contribution in [1.82, 2.24) is 20.1 Å². The van der Waals surface area contributed by atoms with Crippen LogP contribution in [0.4, 0.5) is 5.82 Å². The minimum Gasteiger partial charge on any atom is -0.373 e. The number of piperidine rings is 3. The fourth-order valence-electron chi connectivity index (χ4n) is 5.54. The largest absolute Gasteiger partial charge is 0.373 e. The predicted octanol–water partition coefficient (Wildman–Crippen LogP) is 1.46. The van der Waals surface area contributed by atoms with Crippen LogP contribution in [0.15, 0.2) is 18.3 Å². The van der Waals surface area contributed by atoms with Gasteiger partial charge in [0.05, 0.1) is 6.04 Å². The summed E-state index contributed by atoms with van der Waals surface area (Å²) < 4.78 is 0. The predicted molar refractivity (Wildman–Crippen MR) is 108 cm³/mol. The maximum Gasteiger partial charge on any atom is 0.223 e. The third kappa shape index (κ3) is 3.72. The topological polar surface area (TPSA) is 77.6 Å². The number of rotatable bonds is 5. The van der Waals surface area contributed by atoms with Gasteiger partial charge < -0.3 is 15.5 Å². The van der Waals surface area contributed by atoms with Gasteiger partial charge in [-0.05, 0) is 37.2 Å². The lowest BCUT2D eigenvalue weighted by Gasteiger charge is -2.56. The van der Waals surface area contributed by atoms with E-state index in [1.807, 2.05) is 19.3 Å². The molecule has 4 heterocycles. The summed E-state index contributed by atoms with van der Waals surface area (Å²) in [5.41, 5.74) is 1.21. The van der Waals surface area contributed by atoms with E-state index < -0.39 is 0 Å². The fraction of sp³-hybridized carbons (Fsp3) is 0.667. The molecule has 2 N–H and O–H groups in total. The van der Waals surface area contributed by atoms with E-state index in [-0.39, 0.29) is 17.9 Å². The van der Waals surface area contributed by atoms with Gasteiger partial charge in [0.1, 0.15) is 5.82 Å². The Bertz CT molecular complexity index is 739. The molecule has 3 saturated heterocycles. The van der Waals surface area contributed by atoms with E-state index in [0.29, 0.717) is 30.8 Å². The van der Waals surface area contributed by atoms with Gasteiger partial charge in [-0.25, -0.2) is 4.98 Å². The van der Waals surface area contributed by atoms with Crippen molar-refractivity contribution in [2.75, 3.05) is 32.0 Å². The molecule has 2 bridgehead atoms. The molecule has 0 aromatic carbocycles. The molecule has 0 radical (unpaired) electrons. The first-order valence-corrected chi connectivity index (χ1v) is 10.5. The number of likely N-dealkylation sites (tertiary alicyclic amines) is 1. The maximum atomic E-state index is 12.8. The summed E-state index contributed by atoms with van der Waals surface area (Å²) in [6.45, 7) is 4.96. The summed E-state index contributed by atoms with van der Waals surface area (Å²) in [5.74, 6) is 2.11. The van der Waals surface area contributed by atoms with Crippen molar-refractivity contribution in [3.8, 4) is 0 Å². The number of carbonyl (C=O) groups is 2. The summed E-state index contributed by atoms with van der Waals surface area (Å²) >= 11 is 0. The second-order valence-electron chi connectivity index (χ2n) is 8.48. The third-order valence-corrected chi connectivity index (χ3v) is 6.65. The first-order valence-electron chi connectivity index (χ1n) is 10.5. The van der Waals surface area contributed by atoms with E-state index in [2.05, 4.69) is 31.5 Å². The van der Waals surface area contributed by atoms with Gasteiger partial charge in [0.25, 0.3) is 0 Å². The highest BCUT2D eigenvalue weighted by Crippen LogP contribution is 2.41. The number of aromatic nitrogens is 1. The molecule has 152 valence electrons. The minimum atomic E-state index is -0.0233. The van der Waals surface area contributed by atoms with Crippen LogP contribution in [0.25, 0.3) is 0 Å². The number of hydrogen-bond acceptors (Lipinski definition) is 5. The van der Waals surface area contributed by atoms with Crippen LogP contribution in [-0.2, 0) is 16.1 Å². The summed E-state index contributed by atoms with van der Waals surface area (Å²) in [4.78, 5) is 33.4. The molecule has 3 aliphatic heterocycles. The van der Waals surface area contributed by atoms with Crippen molar-refractivity contribution in [1.29, 1.82) is 0 Å². The Hall–Kier alpha value is -2.15. The van der Waals surface area contributed by atoms with Gasteiger partial charge in [0, 0.05) is 64.4 Å². The van der Waals surface area contributed by atoms with E-state index in [4.69, 9.17) is 0 Å². The fourth-order valence-corrected chi connectivity index (χ4v) is 5.54. The first kappa shape index (κ1) is 19.2. The highest BCUT2D eigenvalue weighted by molar-refractivity contribution is 5.78. The molecule has 7 heteroatoms. The summed E-state index contributed by atoms with van der Waals surface area (Å²) in [6.07, 6.45) is 5.69. The molecule has 2 amide bonds. The maximum absolute atomic E-state index is 12.8. The zero-order valence-electron chi connectivity index (χ0n) is 16.9. The van der Waals surface area contributed by atoms with Crippen molar-refractivity contribution in [3.05, 3.63) is 23.9 Å². The van der Waals surface area contributed by atoms with E-state index in [1.165, 1.54) is 5.56 Å². The van der Waals surface area contributed by atoms with E-state index >= 15 is 0 Å². The van der Waals surface area contributed by atoms with Gasteiger partial charge >= 0.3 is 0 Å². The van der Waals surface area contributed by atoms with E-state index in [0.717, 1.165) is 44.7 Å². The van der Waals surface area contributed by atoms with Gasteiger partial charge in [-0.2, -0.15) is 0 Å². The lowest BCUT2D eigenvalue weighted by Crippen LogP contribution is -2.66. The van der Waals surface area contributed by atoms with E-state index in [9.17, 15) is 9.59 Å². The van der Waals surface area contributed by atoms with Crippen LogP contribution in [0.5, 0.6) is 0 Å². The van der Waals surface area contributed by atoms with E-state index in [1.54, 1.807) is 6.92 Å². The number of nitrogens with one attached hydrogen (secondary N) is 2. The van der Waals surface area contributed by atoms with Crippen molar-refractivity contribution in [2.24, 2.45) is 11.8 Å². The lowest BCUT2D eigenvalue weighted by molar-refractivity contribution is -0.153. The standard InChI is InChI=1S/C21H31N5O2/c1-14(27)24-10-19-17-9-16(18-6-3-7-20(28)26(18)19)12-25(13-17)11-15-5-4-8-23-21(15)22-2/h4-5,8,16-19H,3,6-7,9-13H2,1-2H3,(H,22,23)(H,24,27)/t16-,17+,18+,19+/m1/s1. The molecule has 4 atom stereocenters. The molecule has 1 aromatic heterocycles. The summed E-state index contributed by atoms with van der Waals surface area (Å²) in [6, 6.07) is 4.55. The molecule has 7 nitrogen and oxygen atoms in total. The average Bonchev–Trinajstić information content (AvgIpc) is 2.68. The van der Waals surface area contributed by atoms with Crippen molar-refractivity contribution in [2.45, 2.75) is 51.2 Å². The summed E-state index contributed by atoms with van der Waals surface area (Å²) in [7, 11) is 1.91. The van der Waals surface area contributed by atoms with Crippen LogP contribution >= 0.6 is 0 Å². The third-order valence-electron chi connectivity index (χ3n) is 6.65. The Morgan fingerprint density at radius 3 is 2.93 bits per heavy atom. The van der Waals surface area contributed by atoms with Gasteiger partial charge in [0.15, 0.2) is 0 Å². The van der Waals surface area contributed by atoms with Crippen LogP contribution in [0.1, 0.15) is 38.2 Å². The summed E-state index contributed by atoms with van der Waals surface area (Å²) in [5, 5.41) is 6.17. The molecule has 0 aliphatic carbocycles. The number of carbonyl (C=O) groups excluding carboxylic acids is 2. The van der Waals surface area contributed by atoms with Crippen LogP contribution in [0, 0.1) is 11.8 Å². The zero-order valence-corrected chi connectivity index (χ0v) is 16.9. The number of hydrogen-bond donors (Lipinski definition) is 2. The molecule has 0 spiro atoms.